The summed E-state index contributed by atoms with van der Waals surface area (Å²) < 4.78 is 5.18. The minimum absolute atomic E-state index is 0.0653. The Morgan fingerprint density at radius 3 is 2.69 bits per heavy atom. The number of rotatable bonds is 3. The number of aromatic nitrogens is 1. The Balaban J connectivity index is 1.51. The molecule has 26 heavy (non-hydrogen) atoms. The van der Waals surface area contributed by atoms with Crippen molar-refractivity contribution in [1.29, 1.82) is 0 Å². The van der Waals surface area contributed by atoms with Crippen LogP contribution in [-0.4, -0.2) is 47.1 Å². The van der Waals surface area contributed by atoms with Gasteiger partial charge in [0.15, 0.2) is 0 Å². The fraction of sp³-hybridized carbons (Fsp3) is 0.500. The Labute approximate surface area is 153 Å². The summed E-state index contributed by atoms with van der Waals surface area (Å²) in [5.74, 6) is 0.0653. The molecule has 2 N–H and O–H groups in total. The third kappa shape index (κ3) is 4.36. The lowest BCUT2D eigenvalue weighted by Gasteiger charge is -2.22. The summed E-state index contributed by atoms with van der Waals surface area (Å²) in [5.41, 5.74) is 3.18. The van der Waals surface area contributed by atoms with Crippen LogP contribution < -0.4 is 5.32 Å². The van der Waals surface area contributed by atoms with Crippen LogP contribution in [0.15, 0.2) is 24.3 Å². The molecular weight excluding hydrogens is 330 g/mol. The van der Waals surface area contributed by atoms with Gasteiger partial charge in [0, 0.05) is 49.1 Å². The second kappa shape index (κ2) is 7.40. The first kappa shape index (κ1) is 18.3. The van der Waals surface area contributed by atoms with Crippen LogP contribution in [-0.2, 0) is 22.4 Å². The number of alkyl carbamates (subject to hydrolysis) is 1. The van der Waals surface area contributed by atoms with Gasteiger partial charge in [-0.15, -0.1) is 0 Å². The standard InChI is InChI=1S/C20H27N3O3/c1-20(2,3)26-19(25)21-11-8-18(24)23-12-9-15-14-6-4-5-7-16(14)22-17(15)10-13-23/h4-7,22H,8-13H2,1-3H3,(H,21,25). The maximum atomic E-state index is 12.5. The molecule has 0 atom stereocenters. The molecule has 1 aliphatic rings. The van der Waals surface area contributed by atoms with E-state index in [4.69, 9.17) is 4.74 Å². The minimum Gasteiger partial charge on any atom is -0.444 e. The molecule has 6 heteroatoms. The molecule has 2 aromatic rings. The van der Waals surface area contributed by atoms with Crippen molar-refractivity contribution in [2.24, 2.45) is 0 Å². The normalized spacial score (nSPS) is 14.7. The smallest absolute Gasteiger partial charge is 0.407 e. The molecule has 0 bridgehead atoms. The Morgan fingerprint density at radius 2 is 1.92 bits per heavy atom. The van der Waals surface area contributed by atoms with Crippen molar-refractivity contribution in [3.63, 3.8) is 0 Å². The van der Waals surface area contributed by atoms with Gasteiger partial charge in [-0.2, -0.15) is 0 Å². The zero-order valence-corrected chi connectivity index (χ0v) is 15.7. The number of ether oxygens (including phenoxy) is 1. The summed E-state index contributed by atoms with van der Waals surface area (Å²) in [5, 5.41) is 3.90. The largest absolute Gasteiger partial charge is 0.444 e. The second-order valence-electron chi connectivity index (χ2n) is 7.69. The number of carbonyl (C=O) groups excluding carboxylic acids is 2. The van der Waals surface area contributed by atoms with Crippen LogP contribution in [0.4, 0.5) is 4.79 Å². The van der Waals surface area contributed by atoms with Crippen LogP contribution in [0.3, 0.4) is 0 Å². The number of aromatic amines is 1. The van der Waals surface area contributed by atoms with Crippen molar-refractivity contribution < 1.29 is 14.3 Å². The van der Waals surface area contributed by atoms with E-state index in [1.54, 1.807) is 0 Å². The van der Waals surface area contributed by atoms with E-state index in [1.807, 2.05) is 37.8 Å². The van der Waals surface area contributed by atoms with Gasteiger partial charge in [-0.1, -0.05) is 18.2 Å². The van der Waals surface area contributed by atoms with Crippen LogP contribution in [0.1, 0.15) is 38.4 Å². The maximum absolute atomic E-state index is 12.5. The molecule has 0 radical (unpaired) electrons. The van der Waals surface area contributed by atoms with E-state index in [0.29, 0.717) is 19.6 Å². The van der Waals surface area contributed by atoms with Crippen molar-refractivity contribution in [1.82, 2.24) is 15.2 Å². The number of nitrogens with zero attached hydrogens (tertiary/aromatic N) is 1. The van der Waals surface area contributed by atoms with Gasteiger partial charge in [0.2, 0.25) is 5.91 Å². The number of carbonyl (C=O) groups is 2. The van der Waals surface area contributed by atoms with Crippen molar-refractivity contribution in [3.05, 3.63) is 35.5 Å². The van der Waals surface area contributed by atoms with Gasteiger partial charge in [-0.25, -0.2) is 4.79 Å². The van der Waals surface area contributed by atoms with Gasteiger partial charge in [0.25, 0.3) is 0 Å². The Bertz CT molecular complexity index is 804. The molecule has 6 nitrogen and oxygen atoms in total. The molecule has 0 spiro atoms. The molecule has 1 aliphatic heterocycles. The predicted octanol–water partition coefficient (Wildman–Crippen LogP) is 3.01. The highest BCUT2D eigenvalue weighted by Crippen LogP contribution is 2.25. The van der Waals surface area contributed by atoms with Gasteiger partial charge >= 0.3 is 6.09 Å². The first-order valence-electron chi connectivity index (χ1n) is 9.16. The highest BCUT2D eigenvalue weighted by Gasteiger charge is 2.21. The van der Waals surface area contributed by atoms with E-state index in [9.17, 15) is 9.59 Å². The van der Waals surface area contributed by atoms with Crippen LogP contribution in [0.2, 0.25) is 0 Å². The van der Waals surface area contributed by atoms with Crippen LogP contribution in [0, 0.1) is 0 Å². The average molecular weight is 357 g/mol. The number of hydrogen-bond donors (Lipinski definition) is 2. The molecule has 3 rings (SSSR count). The molecule has 2 heterocycles. The Hall–Kier alpha value is -2.50. The summed E-state index contributed by atoms with van der Waals surface area (Å²) in [6, 6.07) is 8.31. The third-order valence-electron chi connectivity index (χ3n) is 4.53. The highest BCUT2D eigenvalue weighted by atomic mass is 16.6. The number of amides is 2. The first-order chi connectivity index (χ1) is 12.3. The van der Waals surface area contributed by atoms with E-state index in [-0.39, 0.29) is 12.3 Å². The fourth-order valence-corrected chi connectivity index (χ4v) is 3.35. The lowest BCUT2D eigenvalue weighted by atomic mass is 10.1. The van der Waals surface area contributed by atoms with E-state index < -0.39 is 11.7 Å². The van der Waals surface area contributed by atoms with Crippen LogP contribution >= 0.6 is 0 Å². The number of hydrogen-bond acceptors (Lipinski definition) is 3. The zero-order valence-electron chi connectivity index (χ0n) is 15.7. The number of para-hydroxylation sites is 1. The Morgan fingerprint density at radius 1 is 1.19 bits per heavy atom. The molecular formula is C20H27N3O3. The zero-order chi connectivity index (χ0) is 18.7. The fourth-order valence-electron chi connectivity index (χ4n) is 3.35. The number of benzene rings is 1. The lowest BCUT2D eigenvalue weighted by Crippen LogP contribution is -2.37. The molecule has 2 amide bonds. The topological polar surface area (TPSA) is 74.4 Å². The monoisotopic (exact) mass is 357 g/mol. The summed E-state index contributed by atoms with van der Waals surface area (Å²) in [6.45, 7) is 7.14. The number of fused-ring (bicyclic) bond motifs is 3. The average Bonchev–Trinajstić information content (AvgIpc) is 2.77. The SMILES string of the molecule is CC(C)(C)OC(=O)NCCC(=O)N1CCc2[nH]c3ccccc3c2CC1. The van der Waals surface area contributed by atoms with Crippen molar-refractivity contribution in [2.75, 3.05) is 19.6 Å². The Kier molecular flexibility index (Phi) is 5.20. The summed E-state index contributed by atoms with van der Waals surface area (Å²) in [7, 11) is 0. The molecule has 0 saturated carbocycles. The molecule has 0 unspecified atom stereocenters. The van der Waals surface area contributed by atoms with Gasteiger partial charge in [0.1, 0.15) is 5.60 Å². The molecule has 1 aromatic heterocycles. The second-order valence-corrected chi connectivity index (χ2v) is 7.69. The number of H-pyrrole nitrogens is 1. The van der Waals surface area contributed by atoms with Crippen LogP contribution in [0.5, 0.6) is 0 Å². The lowest BCUT2D eigenvalue weighted by molar-refractivity contribution is -0.130. The van der Waals surface area contributed by atoms with Crippen molar-refractivity contribution in [2.45, 2.75) is 45.6 Å². The summed E-state index contributed by atoms with van der Waals surface area (Å²) >= 11 is 0. The van der Waals surface area contributed by atoms with Crippen molar-refractivity contribution >= 4 is 22.9 Å². The molecule has 1 aromatic carbocycles. The molecule has 140 valence electrons. The molecule has 0 fully saturated rings. The van der Waals surface area contributed by atoms with Crippen LogP contribution in [0.25, 0.3) is 10.9 Å². The first-order valence-corrected chi connectivity index (χ1v) is 9.16. The van der Waals surface area contributed by atoms with E-state index in [1.165, 1.54) is 22.2 Å². The van der Waals surface area contributed by atoms with Gasteiger partial charge in [-0.05, 0) is 38.8 Å². The van der Waals surface area contributed by atoms with Gasteiger partial charge < -0.3 is 19.9 Å². The number of nitrogens with one attached hydrogen (secondary N) is 2. The highest BCUT2D eigenvalue weighted by molar-refractivity contribution is 5.85. The molecule has 0 saturated heterocycles. The summed E-state index contributed by atoms with van der Waals surface area (Å²) in [4.78, 5) is 29.5. The predicted molar refractivity (Wildman–Crippen MR) is 101 cm³/mol. The van der Waals surface area contributed by atoms with Gasteiger partial charge in [-0.3, -0.25) is 4.79 Å². The van der Waals surface area contributed by atoms with E-state index in [2.05, 4.69) is 22.4 Å². The molecule has 0 aliphatic carbocycles. The minimum atomic E-state index is -0.533. The van der Waals surface area contributed by atoms with E-state index >= 15 is 0 Å². The summed E-state index contributed by atoms with van der Waals surface area (Å²) in [6.07, 6.45) is 1.48. The quantitative estimate of drug-likeness (QED) is 0.887. The third-order valence-corrected chi connectivity index (χ3v) is 4.53. The van der Waals surface area contributed by atoms with Gasteiger partial charge in [0.05, 0.1) is 0 Å². The van der Waals surface area contributed by atoms with Crippen molar-refractivity contribution in [3.8, 4) is 0 Å². The van der Waals surface area contributed by atoms with E-state index in [0.717, 1.165) is 12.8 Å². The maximum Gasteiger partial charge on any atom is 0.407 e.